The topological polar surface area (TPSA) is 43.8 Å². The molecule has 2 N–H and O–H groups in total. The minimum atomic E-state index is 0.144. The second-order valence-corrected chi connectivity index (χ2v) is 6.00. The van der Waals surface area contributed by atoms with Crippen LogP contribution in [-0.2, 0) is 6.54 Å². The van der Waals surface area contributed by atoms with Gasteiger partial charge in [-0.15, -0.1) is 0 Å². The highest BCUT2D eigenvalue weighted by atomic mass is 15.3. The zero-order valence-corrected chi connectivity index (χ0v) is 11.3. The first kappa shape index (κ1) is 12.6. The number of rotatable bonds is 3. The molecule has 1 aliphatic carbocycles. The first-order valence-electron chi connectivity index (χ1n) is 6.82. The first-order chi connectivity index (χ1) is 8.04. The van der Waals surface area contributed by atoms with Crippen molar-refractivity contribution in [3.05, 3.63) is 18.0 Å². The highest BCUT2D eigenvalue weighted by Gasteiger charge is 2.36. The maximum absolute atomic E-state index is 6.46. The SMILES string of the molecule is CCn1cc(C(N)C2CCCCC2(C)C)cn1. The minimum absolute atomic E-state index is 0.144. The zero-order valence-electron chi connectivity index (χ0n) is 11.3. The van der Waals surface area contributed by atoms with Crippen LogP contribution in [0.15, 0.2) is 12.4 Å². The van der Waals surface area contributed by atoms with Gasteiger partial charge in [-0.25, -0.2) is 0 Å². The smallest absolute Gasteiger partial charge is 0.0537 e. The lowest BCUT2D eigenvalue weighted by Gasteiger charge is -2.41. The normalized spacial score (nSPS) is 25.8. The maximum atomic E-state index is 6.46. The molecule has 0 amide bonds. The van der Waals surface area contributed by atoms with E-state index in [1.54, 1.807) is 0 Å². The maximum Gasteiger partial charge on any atom is 0.0537 e. The Morgan fingerprint density at radius 1 is 1.53 bits per heavy atom. The fourth-order valence-corrected chi connectivity index (χ4v) is 3.14. The fourth-order valence-electron chi connectivity index (χ4n) is 3.14. The summed E-state index contributed by atoms with van der Waals surface area (Å²) in [6.07, 6.45) is 9.28. The van der Waals surface area contributed by atoms with Gasteiger partial charge >= 0.3 is 0 Å². The lowest BCUT2D eigenvalue weighted by atomic mass is 9.65. The number of hydrogen-bond donors (Lipinski definition) is 1. The van der Waals surface area contributed by atoms with Gasteiger partial charge < -0.3 is 5.73 Å². The van der Waals surface area contributed by atoms with Crippen molar-refractivity contribution in [1.29, 1.82) is 0 Å². The summed E-state index contributed by atoms with van der Waals surface area (Å²) in [5.74, 6) is 0.589. The fraction of sp³-hybridized carbons (Fsp3) is 0.786. The molecule has 0 aliphatic heterocycles. The molecule has 1 aromatic rings. The van der Waals surface area contributed by atoms with Gasteiger partial charge in [-0.05, 0) is 31.1 Å². The Bertz CT molecular complexity index is 367. The van der Waals surface area contributed by atoms with Crippen molar-refractivity contribution in [1.82, 2.24) is 9.78 Å². The van der Waals surface area contributed by atoms with Crippen molar-refractivity contribution in [3.63, 3.8) is 0 Å². The molecule has 17 heavy (non-hydrogen) atoms. The quantitative estimate of drug-likeness (QED) is 0.874. The Morgan fingerprint density at radius 3 is 2.88 bits per heavy atom. The second-order valence-electron chi connectivity index (χ2n) is 6.00. The number of aryl methyl sites for hydroxylation is 1. The average Bonchev–Trinajstić information content (AvgIpc) is 2.76. The van der Waals surface area contributed by atoms with E-state index >= 15 is 0 Å². The minimum Gasteiger partial charge on any atom is -0.324 e. The van der Waals surface area contributed by atoms with Crippen molar-refractivity contribution < 1.29 is 0 Å². The van der Waals surface area contributed by atoms with Gasteiger partial charge in [0.15, 0.2) is 0 Å². The summed E-state index contributed by atoms with van der Waals surface area (Å²) < 4.78 is 1.96. The van der Waals surface area contributed by atoms with Crippen LogP contribution in [0.2, 0.25) is 0 Å². The summed E-state index contributed by atoms with van der Waals surface area (Å²) >= 11 is 0. The molecular formula is C14H25N3. The van der Waals surface area contributed by atoms with Gasteiger partial charge in [-0.2, -0.15) is 5.10 Å². The summed E-state index contributed by atoms with van der Waals surface area (Å²) in [6, 6.07) is 0.144. The summed E-state index contributed by atoms with van der Waals surface area (Å²) in [7, 11) is 0. The van der Waals surface area contributed by atoms with Crippen LogP contribution in [-0.4, -0.2) is 9.78 Å². The van der Waals surface area contributed by atoms with E-state index in [1.165, 1.54) is 31.2 Å². The number of nitrogens with zero attached hydrogens (tertiary/aromatic N) is 2. The Labute approximate surface area is 104 Å². The molecule has 0 spiro atoms. The third-order valence-electron chi connectivity index (χ3n) is 4.39. The van der Waals surface area contributed by atoms with E-state index in [2.05, 4.69) is 32.1 Å². The van der Waals surface area contributed by atoms with Gasteiger partial charge in [-0.1, -0.05) is 26.7 Å². The number of nitrogens with two attached hydrogens (primary N) is 1. The molecule has 2 unspecified atom stereocenters. The molecule has 3 nitrogen and oxygen atoms in total. The molecule has 1 saturated carbocycles. The van der Waals surface area contributed by atoms with Crippen molar-refractivity contribution in [2.75, 3.05) is 0 Å². The van der Waals surface area contributed by atoms with Crippen LogP contribution in [0.5, 0.6) is 0 Å². The molecule has 1 aliphatic rings. The van der Waals surface area contributed by atoms with Gasteiger partial charge in [0.25, 0.3) is 0 Å². The van der Waals surface area contributed by atoms with E-state index in [4.69, 9.17) is 5.73 Å². The third kappa shape index (κ3) is 2.54. The van der Waals surface area contributed by atoms with Crippen molar-refractivity contribution in [3.8, 4) is 0 Å². The highest BCUT2D eigenvalue weighted by molar-refractivity contribution is 5.12. The van der Waals surface area contributed by atoms with E-state index in [0.29, 0.717) is 11.3 Å². The zero-order chi connectivity index (χ0) is 12.5. The molecular weight excluding hydrogens is 210 g/mol. The van der Waals surface area contributed by atoms with Crippen LogP contribution in [0.3, 0.4) is 0 Å². The molecule has 0 radical (unpaired) electrons. The third-order valence-corrected chi connectivity index (χ3v) is 4.39. The molecule has 2 atom stereocenters. The molecule has 0 aromatic carbocycles. The van der Waals surface area contributed by atoms with Crippen LogP contribution in [0.4, 0.5) is 0 Å². The number of hydrogen-bond acceptors (Lipinski definition) is 2. The first-order valence-corrected chi connectivity index (χ1v) is 6.82. The van der Waals surface area contributed by atoms with Crippen LogP contribution in [0, 0.1) is 11.3 Å². The average molecular weight is 235 g/mol. The largest absolute Gasteiger partial charge is 0.324 e. The monoisotopic (exact) mass is 235 g/mol. The molecule has 1 fully saturated rings. The Hall–Kier alpha value is -0.830. The Morgan fingerprint density at radius 2 is 2.29 bits per heavy atom. The standard InChI is InChI=1S/C14H25N3/c1-4-17-10-11(9-16-17)13(15)12-7-5-6-8-14(12,2)3/h9-10,12-13H,4-8,15H2,1-3H3. The summed E-state index contributed by atoms with van der Waals surface area (Å²) in [4.78, 5) is 0. The highest BCUT2D eigenvalue weighted by Crippen LogP contribution is 2.45. The molecule has 1 aromatic heterocycles. The van der Waals surface area contributed by atoms with Crippen LogP contribution >= 0.6 is 0 Å². The molecule has 3 heteroatoms. The van der Waals surface area contributed by atoms with Crippen LogP contribution in [0.25, 0.3) is 0 Å². The molecule has 0 bridgehead atoms. The van der Waals surface area contributed by atoms with E-state index in [-0.39, 0.29) is 6.04 Å². The van der Waals surface area contributed by atoms with Crippen molar-refractivity contribution >= 4 is 0 Å². The van der Waals surface area contributed by atoms with E-state index in [0.717, 1.165) is 6.54 Å². The summed E-state index contributed by atoms with van der Waals surface area (Å²) in [5.41, 5.74) is 8.03. The Kier molecular flexibility index (Phi) is 3.57. The van der Waals surface area contributed by atoms with Gasteiger partial charge in [-0.3, -0.25) is 4.68 Å². The lowest BCUT2D eigenvalue weighted by molar-refractivity contribution is 0.112. The van der Waals surface area contributed by atoms with Gasteiger partial charge in [0.2, 0.25) is 0 Å². The van der Waals surface area contributed by atoms with Crippen LogP contribution in [0.1, 0.15) is 58.1 Å². The predicted molar refractivity (Wildman–Crippen MR) is 70.6 cm³/mol. The predicted octanol–water partition coefficient (Wildman–Crippen LogP) is 3.12. The van der Waals surface area contributed by atoms with Crippen molar-refractivity contribution in [2.24, 2.45) is 17.1 Å². The second kappa shape index (κ2) is 4.81. The lowest BCUT2D eigenvalue weighted by Crippen LogP contribution is -2.36. The van der Waals surface area contributed by atoms with Crippen LogP contribution < -0.4 is 5.73 Å². The van der Waals surface area contributed by atoms with Crippen molar-refractivity contribution in [2.45, 2.75) is 59.0 Å². The molecule has 2 rings (SSSR count). The van der Waals surface area contributed by atoms with Gasteiger partial charge in [0.1, 0.15) is 0 Å². The summed E-state index contributed by atoms with van der Waals surface area (Å²) in [6.45, 7) is 7.75. The Balaban J connectivity index is 2.15. The molecule has 0 saturated heterocycles. The summed E-state index contributed by atoms with van der Waals surface area (Å²) in [5, 5.41) is 4.34. The van der Waals surface area contributed by atoms with E-state index < -0.39 is 0 Å². The van der Waals surface area contributed by atoms with Gasteiger partial charge in [0.05, 0.1) is 6.20 Å². The molecule has 96 valence electrons. The number of aromatic nitrogens is 2. The van der Waals surface area contributed by atoms with E-state index in [1.807, 2.05) is 10.9 Å². The van der Waals surface area contributed by atoms with Gasteiger partial charge in [0, 0.05) is 24.3 Å². The van der Waals surface area contributed by atoms with E-state index in [9.17, 15) is 0 Å². The molecule has 1 heterocycles.